The normalized spacial score (nSPS) is 17.0. The molecular weight excluding hydrogens is 400 g/mol. The van der Waals surface area contributed by atoms with Crippen LogP contribution in [0, 0.1) is 0 Å². The molecule has 0 unspecified atom stereocenters. The molecule has 7 heteroatoms. The summed E-state index contributed by atoms with van der Waals surface area (Å²) in [6.07, 6.45) is 4.32. The minimum absolute atomic E-state index is 0.0207. The Morgan fingerprint density at radius 3 is 2.90 bits per heavy atom. The second kappa shape index (κ2) is 8.64. The van der Waals surface area contributed by atoms with Gasteiger partial charge in [-0.2, -0.15) is 5.10 Å². The maximum atomic E-state index is 13.1. The van der Waals surface area contributed by atoms with Crippen LogP contribution in [0.1, 0.15) is 71.9 Å². The van der Waals surface area contributed by atoms with E-state index in [4.69, 9.17) is 16.0 Å². The van der Waals surface area contributed by atoms with E-state index in [1.807, 2.05) is 42.3 Å². The van der Waals surface area contributed by atoms with Gasteiger partial charge in [0, 0.05) is 31.6 Å². The number of hydrogen-bond donors (Lipinski definition) is 0. The van der Waals surface area contributed by atoms with E-state index in [9.17, 15) is 4.79 Å². The molecule has 158 valence electrons. The van der Waals surface area contributed by atoms with Crippen LogP contribution in [0.25, 0.3) is 0 Å². The fraction of sp³-hybridized carbons (Fsp3) is 0.435. The molecule has 0 bridgehead atoms. The van der Waals surface area contributed by atoms with Crippen LogP contribution in [0.4, 0.5) is 0 Å². The zero-order valence-corrected chi connectivity index (χ0v) is 18.4. The predicted molar refractivity (Wildman–Crippen MR) is 116 cm³/mol. The number of benzene rings is 1. The second-order valence-corrected chi connectivity index (χ2v) is 8.73. The first-order valence-electron chi connectivity index (χ1n) is 10.4. The molecule has 0 radical (unpaired) electrons. The Hall–Kier alpha value is -2.60. The van der Waals surface area contributed by atoms with Gasteiger partial charge in [-0.25, -0.2) is 4.98 Å². The Labute approximate surface area is 181 Å². The molecule has 1 aliphatic rings. The molecular formula is C23H27ClN4O2. The van der Waals surface area contributed by atoms with Crippen LogP contribution >= 0.6 is 11.6 Å². The molecule has 1 amide bonds. The Kier molecular flexibility index (Phi) is 5.95. The van der Waals surface area contributed by atoms with Crippen molar-refractivity contribution in [2.75, 3.05) is 13.1 Å². The predicted octanol–water partition coefficient (Wildman–Crippen LogP) is 4.80. The zero-order valence-electron chi connectivity index (χ0n) is 17.6. The Morgan fingerprint density at radius 1 is 1.33 bits per heavy atom. The first-order chi connectivity index (χ1) is 14.4. The van der Waals surface area contributed by atoms with Gasteiger partial charge >= 0.3 is 0 Å². The number of carbonyl (C=O) groups excluding carboxylic acids is 1. The summed E-state index contributed by atoms with van der Waals surface area (Å²) in [6.45, 7) is 5.51. The van der Waals surface area contributed by atoms with Crippen molar-refractivity contribution < 1.29 is 9.21 Å². The van der Waals surface area contributed by atoms with Crippen LogP contribution < -0.4 is 0 Å². The summed E-state index contributed by atoms with van der Waals surface area (Å²) in [7, 11) is 1.83. The third kappa shape index (κ3) is 4.43. The van der Waals surface area contributed by atoms with Crippen molar-refractivity contribution in [3.63, 3.8) is 0 Å². The zero-order chi connectivity index (χ0) is 21.3. The van der Waals surface area contributed by atoms with Gasteiger partial charge in [0.25, 0.3) is 5.91 Å². The minimum Gasteiger partial charge on any atom is -0.445 e. The Bertz CT molecular complexity index is 1040. The van der Waals surface area contributed by atoms with E-state index in [0.717, 1.165) is 36.4 Å². The average molecular weight is 427 g/mol. The van der Waals surface area contributed by atoms with E-state index in [-0.39, 0.29) is 17.7 Å². The topological polar surface area (TPSA) is 64.2 Å². The van der Waals surface area contributed by atoms with Crippen molar-refractivity contribution >= 4 is 17.5 Å². The smallest absolute Gasteiger partial charge is 0.272 e. The molecule has 30 heavy (non-hydrogen) atoms. The molecule has 3 heterocycles. The molecule has 1 aliphatic heterocycles. The third-order valence-corrected chi connectivity index (χ3v) is 5.84. The highest BCUT2D eigenvalue weighted by Gasteiger charge is 2.30. The number of amides is 1. The number of aryl methyl sites for hydroxylation is 1. The van der Waals surface area contributed by atoms with Crippen LogP contribution in [0.3, 0.4) is 0 Å². The fourth-order valence-electron chi connectivity index (χ4n) is 3.94. The highest BCUT2D eigenvalue weighted by molar-refractivity contribution is 6.30. The Morgan fingerprint density at radius 2 is 2.17 bits per heavy atom. The van der Waals surface area contributed by atoms with Gasteiger partial charge in [0.15, 0.2) is 5.89 Å². The first kappa shape index (κ1) is 20.7. The minimum atomic E-state index is 0.0207. The maximum Gasteiger partial charge on any atom is 0.272 e. The number of nitrogens with zero attached hydrogens (tertiary/aromatic N) is 4. The number of piperidine rings is 1. The SMILES string of the molecule is CC(C)c1cc(C(=O)N2CCC[C@H](c3ncc(Cc4cccc(Cl)c4)o3)C2)n(C)n1. The second-order valence-electron chi connectivity index (χ2n) is 8.29. The number of rotatable bonds is 5. The van der Waals surface area contributed by atoms with E-state index < -0.39 is 0 Å². The lowest BCUT2D eigenvalue weighted by Gasteiger charge is -2.31. The molecule has 1 fully saturated rings. The first-order valence-corrected chi connectivity index (χ1v) is 10.8. The molecule has 1 aromatic carbocycles. The van der Waals surface area contributed by atoms with E-state index >= 15 is 0 Å². The summed E-state index contributed by atoms with van der Waals surface area (Å²) in [4.78, 5) is 19.5. The van der Waals surface area contributed by atoms with Crippen LogP contribution in [-0.2, 0) is 13.5 Å². The van der Waals surface area contributed by atoms with Crippen LogP contribution in [0.2, 0.25) is 5.02 Å². The maximum absolute atomic E-state index is 13.1. The number of carbonyl (C=O) groups is 1. The van der Waals surface area contributed by atoms with Crippen molar-refractivity contribution in [2.24, 2.45) is 7.05 Å². The van der Waals surface area contributed by atoms with Gasteiger partial charge in [0.1, 0.15) is 11.5 Å². The lowest BCUT2D eigenvalue weighted by molar-refractivity contribution is 0.0686. The summed E-state index contributed by atoms with van der Waals surface area (Å²) in [6, 6.07) is 9.66. The van der Waals surface area contributed by atoms with E-state index in [1.165, 1.54) is 0 Å². The standard InChI is InChI=1S/C23H27ClN4O2/c1-15(2)20-12-21(27(3)26-20)23(29)28-9-5-7-17(14-28)22-25-13-19(30-22)11-16-6-4-8-18(24)10-16/h4,6,8,10,12-13,15,17H,5,7,9,11,14H2,1-3H3/t17-/m0/s1. The van der Waals surface area contributed by atoms with Gasteiger partial charge in [0.05, 0.1) is 17.8 Å². The molecule has 3 aromatic rings. The van der Waals surface area contributed by atoms with Crippen LogP contribution in [-0.4, -0.2) is 38.7 Å². The number of aromatic nitrogens is 3. The van der Waals surface area contributed by atoms with Gasteiger partial charge < -0.3 is 9.32 Å². The quantitative estimate of drug-likeness (QED) is 0.588. The lowest BCUT2D eigenvalue weighted by Crippen LogP contribution is -2.40. The summed E-state index contributed by atoms with van der Waals surface area (Å²) in [5, 5.41) is 5.19. The van der Waals surface area contributed by atoms with Gasteiger partial charge in [-0.15, -0.1) is 0 Å². The van der Waals surface area contributed by atoms with Crippen molar-refractivity contribution in [3.8, 4) is 0 Å². The summed E-state index contributed by atoms with van der Waals surface area (Å²) in [5.74, 6) is 1.93. The molecule has 0 N–H and O–H groups in total. The summed E-state index contributed by atoms with van der Waals surface area (Å²) < 4.78 is 7.74. The number of halogens is 1. The van der Waals surface area contributed by atoms with Crippen molar-refractivity contribution in [1.82, 2.24) is 19.7 Å². The molecule has 4 rings (SSSR count). The van der Waals surface area contributed by atoms with Gasteiger partial charge in [0.2, 0.25) is 0 Å². The largest absolute Gasteiger partial charge is 0.445 e. The third-order valence-electron chi connectivity index (χ3n) is 5.61. The van der Waals surface area contributed by atoms with Crippen LogP contribution in [0.5, 0.6) is 0 Å². The summed E-state index contributed by atoms with van der Waals surface area (Å²) >= 11 is 6.07. The van der Waals surface area contributed by atoms with Crippen molar-refractivity contribution in [3.05, 3.63) is 70.2 Å². The molecule has 0 saturated carbocycles. The van der Waals surface area contributed by atoms with Crippen LogP contribution in [0.15, 0.2) is 40.9 Å². The highest BCUT2D eigenvalue weighted by Crippen LogP contribution is 2.28. The van der Waals surface area contributed by atoms with E-state index in [0.29, 0.717) is 29.6 Å². The molecule has 0 spiro atoms. The van der Waals surface area contributed by atoms with Gasteiger partial charge in [-0.3, -0.25) is 9.48 Å². The molecule has 1 atom stereocenters. The lowest BCUT2D eigenvalue weighted by atomic mass is 9.97. The fourth-order valence-corrected chi connectivity index (χ4v) is 4.15. The monoisotopic (exact) mass is 426 g/mol. The van der Waals surface area contributed by atoms with Gasteiger partial charge in [-0.05, 0) is 42.5 Å². The van der Waals surface area contributed by atoms with E-state index in [1.54, 1.807) is 10.9 Å². The Balaban J connectivity index is 1.45. The number of oxazole rings is 1. The number of hydrogen-bond acceptors (Lipinski definition) is 4. The molecule has 6 nitrogen and oxygen atoms in total. The van der Waals surface area contributed by atoms with E-state index in [2.05, 4.69) is 23.9 Å². The molecule has 2 aromatic heterocycles. The molecule has 0 aliphatic carbocycles. The van der Waals surface area contributed by atoms with Crippen molar-refractivity contribution in [1.29, 1.82) is 0 Å². The average Bonchev–Trinajstić information content (AvgIpc) is 3.34. The highest BCUT2D eigenvalue weighted by atomic mass is 35.5. The number of likely N-dealkylation sites (tertiary alicyclic amines) is 1. The van der Waals surface area contributed by atoms with Crippen molar-refractivity contribution in [2.45, 2.75) is 44.9 Å². The molecule has 1 saturated heterocycles. The summed E-state index contributed by atoms with van der Waals surface area (Å²) in [5.41, 5.74) is 2.66. The van der Waals surface area contributed by atoms with Gasteiger partial charge in [-0.1, -0.05) is 37.6 Å².